The normalized spacial score (nSPS) is 14.9. The number of rotatable bonds is 4. The Labute approximate surface area is 139 Å². The summed E-state index contributed by atoms with van der Waals surface area (Å²) in [6.07, 6.45) is 4.35. The van der Waals surface area contributed by atoms with Crippen molar-refractivity contribution in [2.75, 3.05) is 13.2 Å². The largest absolute Gasteiger partial charge is 0.489 e. The molecular weight excluding hydrogens is 318 g/mol. The molecule has 1 aromatic carbocycles. The molecule has 2 aromatic rings. The summed E-state index contributed by atoms with van der Waals surface area (Å²) in [5.74, 6) is 0.812. The Kier molecular flexibility index (Phi) is 4.71. The van der Waals surface area contributed by atoms with Crippen LogP contribution in [0.5, 0.6) is 11.5 Å². The van der Waals surface area contributed by atoms with Crippen LogP contribution in [0.25, 0.3) is 0 Å². The van der Waals surface area contributed by atoms with Gasteiger partial charge >= 0.3 is 0 Å². The molecule has 0 aliphatic carbocycles. The van der Waals surface area contributed by atoms with Gasteiger partial charge in [0.15, 0.2) is 11.5 Å². The zero-order valence-corrected chi connectivity index (χ0v) is 13.5. The Morgan fingerprint density at radius 3 is 3.04 bits per heavy atom. The lowest BCUT2D eigenvalue weighted by Gasteiger charge is -2.15. The zero-order chi connectivity index (χ0) is 16.2. The predicted molar refractivity (Wildman–Crippen MR) is 86.2 cm³/mol. The van der Waals surface area contributed by atoms with Gasteiger partial charge < -0.3 is 14.8 Å². The van der Waals surface area contributed by atoms with Crippen molar-refractivity contribution in [1.82, 2.24) is 15.1 Å². The maximum atomic E-state index is 12.4. The third kappa shape index (κ3) is 3.76. The van der Waals surface area contributed by atoms with E-state index in [0.717, 1.165) is 6.42 Å². The number of hydrogen-bond donors (Lipinski definition) is 1. The molecule has 122 valence electrons. The second-order valence-corrected chi connectivity index (χ2v) is 5.85. The Morgan fingerprint density at radius 2 is 2.26 bits per heavy atom. The number of carbonyl (C=O) groups excluding carboxylic acids is 1. The number of amides is 1. The number of halogens is 1. The minimum Gasteiger partial charge on any atom is -0.489 e. The molecule has 0 spiro atoms. The molecule has 0 saturated heterocycles. The Morgan fingerprint density at radius 1 is 1.43 bits per heavy atom. The van der Waals surface area contributed by atoms with Crippen molar-refractivity contribution in [3.05, 3.63) is 41.2 Å². The standard InChI is InChI=1S/C16H18ClN3O3/c1-11(10-20-5-2-4-18-20)19-16(21)12-8-13(17)15-14(9-12)22-6-3-7-23-15/h2,4-5,8-9,11H,3,6-7,10H2,1H3,(H,19,21)/t11-/m0/s1. The molecule has 0 saturated carbocycles. The number of carbonyl (C=O) groups is 1. The molecule has 0 unspecified atom stereocenters. The van der Waals surface area contributed by atoms with E-state index in [1.54, 1.807) is 23.0 Å². The quantitative estimate of drug-likeness (QED) is 0.932. The Balaban J connectivity index is 1.72. The lowest BCUT2D eigenvalue weighted by Crippen LogP contribution is -2.35. The second kappa shape index (κ2) is 6.91. The van der Waals surface area contributed by atoms with Crippen molar-refractivity contribution < 1.29 is 14.3 Å². The van der Waals surface area contributed by atoms with Crippen LogP contribution in [-0.2, 0) is 6.54 Å². The number of nitrogens with zero attached hydrogens (tertiary/aromatic N) is 2. The summed E-state index contributed by atoms with van der Waals surface area (Å²) in [7, 11) is 0. The SMILES string of the molecule is C[C@@H](Cn1cccn1)NC(=O)c1cc(Cl)c2c(c1)OCCCO2. The van der Waals surface area contributed by atoms with E-state index >= 15 is 0 Å². The maximum absolute atomic E-state index is 12.4. The van der Waals surface area contributed by atoms with Crippen LogP contribution in [-0.4, -0.2) is 34.9 Å². The highest BCUT2D eigenvalue weighted by molar-refractivity contribution is 6.32. The smallest absolute Gasteiger partial charge is 0.251 e. The van der Waals surface area contributed by atoms with Gasteiger partial charge in [0.25, 0.3) is 5.91 Å². The first-order valence-corrected chi connectivity index (χ1v) is 7.88. The molecule has 0 fully saturated rings. The molecular formula is C16H18ClN3O3. The number of nitrogens with one attached hydrogen (secondary N) is 1. The van der Waals surface area contributed by atoms with E-state index in [1.165, 1.54) is 0 Å². The average molecular weight is 336 g/mol. The number of aromatic nitrogens is 2. The first-order valence-electron chi connectivity index (χ1n) is 7.51. The fourth-order valence-electron chi connectivity index (χ4n) is 2.40. The van der Waals surface area contributed by atoms with Crippen molar-refractivity contribution >= 4 is 17.5 Å². The molecule has 1 aliphatic rings. The van der Waals surface area contributed by atoms with E-state index in [4.69, 9.17) is 21.1 Å². The highest BCUT2D eigenvalue weighted by Crippen LogP contribution is 2.37. The Hall–Kier alpha value is -2.21. The molecule has 7 heteroatoms. The van der Waals surface area contributed by atoms with Crippen molar-refractivity contribution in [2.24, 2.45) is 0 Å². The van der Waals surface area contributed by atoms with E-state index in [0.29, 0.717) is 41.8 Å². The van der Waals surface area contributed by atoms with Gasteiger partial charge in [0, 0.05) is 30.4 Å². The highest BCUT2D eigenvalue weighted by atomic mass is 35.5. The second-order valence-electron chi connectivity index (χ2n) is 5.44. The zero-order valence-electron chi connectivity index (χ0n) is 12.8. The molecule has 1 aliphatic heterocycles. The van der Waals surface area contributed by atoms with E-state index < -0.39 is 0 Å². The van der Waals surface area contributed by atoms with Crippen LogP contribution in [0.3, 0.4) is 0 Å². The summed E-state index contributed by atoms with van der Waals surface area (Å²) >= 11 is 6.22. The molecule has 23 heavy (non-hydrogen) atoms. The molecule has 0 bridgehead atoms. The van der Waals surface area contributed by atoms with Crippen LogP contribution in [0.15, 0.2) is 30.6 Å². The summed E-state index contributed by atoms with van der Waals surface area (Å²) in [5.41, 5.74) is 0.451. The lowest BCUT2D eigenvalue weighted by atomic mass is 10.1. The van der Waals surface area contributed by atoms with Gasteiger partial charge in [-0.2, -0.15) is 5.10 Å². The number of fused-ring (bicyclic) bond motifs is 1. The van der Waals surface area contributed by atoms with E-state index in [1.807, 2.05) is 19.2 Å². The van der Waals surface area contributed by atoms with E-state index in [2.05, 4.69) is 10.4 Å². The minimum atomic E-state index is -0.206. The fourth-order valence-corrected chi connectivity index (χ4v) is 2.67. The van der Waals surface area contributed by atoms with Crippen LogP contribution in [0.1, 0.15) is 23.7 Å². The summed E-state index contributed by atoms with van der Waals surface area (Å²) in [6, 6.07) is 5.04. The fraction of sp³-hybridized carbons (Fsp3) is 0.375. The molecule has 1 atom stereocenters. The lowest BCUT2D eigenvalue weighted by molar-refractivity contribution is 0.0935. The van der Waals surface area contributed by atoms with Gasteiger partial charge in [-0.3, -0.25) is 9.48 Å². The van der Waals surface area contributed by atoms with Gasteiger partial charge in [0.1, 0.15) is 0 Å². The van der Waals surface area contributed by atoms with Crippen molar-refractivity contribution in [2.45, 2.75) is 25.9 Å². The topological polar surface area (TPSA) is 65.4 Å². The molecule has 1 amide bonds. The molecule has 3 rings (SSSR count). The third-order valence-corrected chi connectivity index (χ3v) is 3.74. The van der Waals surface area contributed by atoms with Crippen molar-refractivity contribution in [1.29, 1.82) is 0 Å². The molecule has 1 N–H and O–H groups in total. The first-order chi connectivity index (χ1) is 11.1. The molecule has 2 heterocycles. The van der Waals surface area contributed by atoms with Crippen LogP contribution < -0.4 is 14.8 Å². The van der Waals surface area contributed by atoms with E-state index in [-0.39, 0.29) is 11.9 Å². The van der Waals surface area contributed by atoms with Gasteiger partial charge in [-0.05, 0) is 25.1 Å². The van der Waals surface area contributed by atoms with Gasteiger partial charge in [0.2, 0.25) is 0 Å². The maximum Gasteiger partial charge on any atom is 0.251 e. The summed E-state index contributed by atoms with van der Waals surface area (Å²) in [5, 5.41) is 7.44. The highest BCUT2D eigenvalue weighted by Gasteiger charge is 2.19. The number of hydrogen-bond acceptors (Lipinski definition) is 4. The third-order valence-electron chi connectivity index (χ3n) is 3.46. The van der Waals surface area contributed by atoms with Crippen LogP contribution in [0.4, 0.5) is 0 Å². The van der Waals surface area contributed by atoms with Gasteiger partial charge in [0.05, 0.1) is 24.8 Å². The monoisotopic (exact) mass is 335 g/mol. The molecule has 6 nitrogen and oxygen atoms in total. The van der Waals surface area contributed by atoms with Gasteiger partial charge in [-0.15, -0.1) is 0 Å². The van der Waals surface area contributed by atoms with E-state index in [9.17, 15) is 4.79 Å². The summed E-state index contributed by atoms with van der Waals surface area (Å²) < 4.78 is 12.9. The van der Waals surface area contributed by atoms with Gasteiger partial charge in [-0.1, -0.05) is 11.6 Å². The average Bonchev–Trinajstić information content (AvgIpc) is 2.89. The first kappa shape index (κ1) is 15.7. The summed E-state index contributed by atoms with van der Waals surface area (Å²) in [4.78, 5) is 12.4. The van der Waals surface area contributed by atoms with Crippen LogP contribution >= 0.6 is 11.6 Å². The molecule has 0 radical (unpaired) electrons. The van der Waals surface area contributed by atoms with Gasteiger partial charge in [-0.25, -0.2) is 0 Å². The Bertz CT molecular complexity index is 688. The van der Waals surface area contributed by atoms with Crippen LogP contribution in [0.2, 0.25) is 5.02 Å². The summed E-state index contributed by atoms with van der Waals surface area (Å²) in [6.45, 7) is 3.62. The van der Waals surface area contributed by atoms with Crippen molar-refractivity contribution in [3.8, 4) is 11.5 Å². The molecule has 1 aromatic heterocycles. The predicted octanol–water partition coefficient (Wildman–Crippen LogP) is 2.52. The van der Waals surface area contributed by atoms with Crippen molar-refractivity contribution in [3.63, 3.8) is 0 Å². The number of benzene rings is 1. The van der Waals surface area contributed by atoms with Crippen LogP contribution in [0, 0.1) is 0 Å². The minimum absolute atomic E-state index is 0.0721. The number of ether oxygens (including phenoxy) is 2.